The number of amides is 1. The molecule has 1 amide bonds. The molecule has 1 rings (SSSR count). The molecule has 0 aromatic carbocycles. The van der Waals surface area contributed by atoms with Crippen LogP contribution in [0.25, 0.3) is 0 Å². The minimum atomic E-state index is -0.247. The summed E-state index contributed by atoms with van der Waals surface area (Å²) in [6.45, 7) is 9.89. The smallest absolute Gasteiger partial charge is 0.271 e. The topological polar surface area (TPSA) is 83.0 Å². The molecule has 0 bridgehead atoms. The third kappa shape index (κ3) is 8.78. The normalized spacial score (nSPS) is 12.6. The lowest BCUT2D eigenvalue weighted by Gasteiger charge is -2.29. The number of rotatable bonds is 13. The van der Waals surface area contributed by atoms with Gasteiger partial charge in [0.05, 0.1) is 5.60 Å². The summed E-state index contributed by atoms with van der Waals surface area (Å²) >= 11 is 0. The number of aryl methyl sites for hydroxylation is 1. The van der Waals surface area contributed by atoms with Crippen LogP contribution in [-0.4, -0.2) is 73.4 Å². The minimum absolute atomic E-state index is 0.133. The standard InChI is InChI=1S/C24H40N6O2/c1-9-17-32-24(3,4)14-16-30(21-19(10-2)18-27-23(26-6)28-21)15-12-11-13-20(25-5)22(31)29(7)8/h11-13,15,18H,9-10,14,16-17H2,1-8H3,(H,26,27,28)/b13-11-,15-12+,25-20?. The van der Waals surface area contributed by atoms with E-state index < -0.39 is 0 Å². The second kappa shape index (κ2) is 13.6. The number of carbonyl (C=O) groups excluding carboxylic acids is 1. The zero-order valence-corrected chi connectivity index (χ0v) is 21.0. The van der Waals surface area contributed by atoms with Crippen molar-refractivity contribution >= 4 is 23.4 Å². The molecule has 8 heteroatoms. The fourth-order valence-corrected chi connectivity index (χ4v) is 2.88. The predicted octanol–water partition coefficient (Wildman–Crippen LogP) is 3.71. The number of hydrogen-bond donors (Lipinski definition) is 1. The molecule has 8 nitrogen and oxygen atoms in total. The maximum absolute atomic E-state index is 12.1. The Bertz CT molecular complexity index is 815. The molecule has 1 heterocycles. The van der Waals surface area contributed by atoms with Crippen LogP contribution in [0.4, 0.5) is 11.8 Å². The first-order valence-electron chi connectivity index (χ1n) is 11.2. The van der Waals surface area contributed by atoms with Crippen LogP contribution in [0.3, 0.4) is 0 Å². The summed E-state index contributed by atoms with van der Waals surface area (Å²) in [5.74, 6) is 1.30. The Balaban J connectivity index is 3.17. The van der Waals surface area contributed by atoms with E-state index in [1.165, 1.54) is 4.90 Å². The molecule has 0 aliphatic rings. The van der Waals surface area contributed by atoms with Crippen LogP contribution in [0.1, 0.15) is 46.1 Å². The van der Waals surface area contributed by atoms with Gasteiger partial charge in [0.2, 0.25) is 5.95 Å². The Morgan fingerprint density at radius 3 is 2.56 bits per heavy atom. The number of nitrogens with one attached hydrogen (secondary N) is 1. The van der Waals surface area contributed by atoms with Gasteiger partial charge in [0.25, 0.3) is 5.91 Å². The van der Waals surface area contributed by atoms with E-state index in [1.54, 1.807) is 27.2 Å². The molecule has 1 N–H and O–H groups in total. The van der Waals surface area contributed by atoms with Gasteiger partial charge in [-0.15, -0.1) is 0 Å². The van der Waals surface area contributed by atoms with Crippen LogP contribution in [0, 0.1) is 0 Å². The highest BCUT2D eigenvalue weighted by Crippen LogP contribution is 2.23. The number of hydrogen-bond acceptors (Lipinski definition) is 7. The highest BCUT2D eigenvalue weighted by Gasteiger charge is 2.21. The SMILES string of the molecule is CCCOC(C)(C)CCN(/C=C/C=C\C(=NC)C(=O)N(C)C)c1nc(NC)ncc1CC. The monoisotopic (exact) mass is 444 g/mol. The van der Waals surface area contributed by atoms with Crippen molar-refractivity contribution in [3.8, 4) is 0 Å². The summed E-state index contributed by atoms with van der Waals surface area (Å²) in [4.78, 5) is 28.9. The first-order valence-corrected chi connectivity index (χ1v) is 11.2. The number of ether oxygens (including phenoxy) is 1. The van der Waals surface area contributed by atoms with Crippen molar-refractivity contribution in [3.63, 3.8) is 0 Å². The van der Waals surface area contributed by atoms with Crippen molar-refractivity contribution in [1.29, 1.82) is 0 Å². The molecular formula is C24H40N6O2. The molecule has 0 spiro atoms. The lowest BCUT2D eigenvalue weighted by molar-refractivity contribution is -0.121. The molecule has 0 atom stereocenters. The number of aliphatic imine (C=N–C) groups is 1. The van der Waals surface area contributed by atoms with Gasteiger partial charge < -0.3 is 19.9 Å². The van der Waals surface area contributed by atoms with Crippen molar-refractivity contribution < 1.29 is 9.53 Å². The fourth-order valence-electron chi connectivity index (χ4n) is 2.88. The number of aromatic nitrogens is 2. The van der Waals surface area contributed by atoms with Crippen molar-refractivity contribution in [1.82, 2.24) is 14.9 Å². The molecule has 0 saturated carbocycles. The first-order chi connectivity index (χ1) is 15.2. The molecule has 178 valence electrons. The Morgan fingerprint density at radius 2 is 2.00 bits per heavy atom. The second-order valence-corrected chi connectivity index (χ2v) is 8.21. The van der Waals surface area contributed by atoms with Crippen LogP contribution in [0.5, 0.6) is 0 Å². The fraction of sp³-hybridized carbons (Fsp3) is 0.583. The third-order valence-corrected chi connectivity index (χ3v) is 4.87. The van der Waals surface area contributed by atoms with Crippen molar-refractivity contribution in [3.05, 3.63) is 36.2 Å². The number of carbonyl (C=O) groups is 1. The van der Waals surface area contributed by atoms with Gasteiger partial charge in [0.1, 0.15) is 11.5 Å². The average Bonchev–Trinajstić information content (AvgIpc) is 2.78. The van der Waals surface area contributed by atoms with Crippen LogP contribution in [-0.2, 0) is 16.0 Å². The summed E-state index contributed by atoms with van der Waals surface area (Å²) in [6.07, 6.45) is 11.9. The van der Waals surface area contributed by atoms with Crippen molar-refractivity contribution in [2.45, 2.75) is 52.6 Å². The largest absolute Gasteiger partial charge is 0.376 e. The van der Waals surface area contributed by atoms with E-state index in [0.29, 0.717) is 11.7 Å². The van der Waals surface area contributed by atoms with E-state index in [9.17, 15) is 4.79 Å². The summed E-state index contributed by atoms with van der Waals surface area (Å²) in [5, 5.41) is 3.02. The Kier molecular flexibility index (Phi) is 11.6. The summed E-state index contributed by atoms with van der Waals surface area (Å²) in [5.41, 5.74) is 1.21. The zero-order chi connectivity index (χ0) is 24.1. The van der Waals surface area contributed by atoms with Crippen LogP contribution in [0.15, 0.2) is 35.6 Å². The van der Waals surface area contributed by atoms with Gasteiger partial charge in [-0.05, 0) is 45.3 Å². The molecule has 0 unspecified atom stereocenters. The highest BCUT2D eigenvalue weighted by molar-refractivity contribution is 6.43. The lowest BCUT2D eigenvalue weighted by Crippen LogP contribution is -2.32. The van der Waals surface area contributed by atoms with E-state index in [1.807, 2.05) is 31.6 Å². The molecular weight excluding hydrogens is 404 g/mol. The summed E-state index contributed by atoms with van der Waals surface area (Å²) in [6, 6.07) is 0. The van der Waals surface area contributed by atoms with Gasteiger partial charge >= 0.3 is 0 Å². The van der Waals surface area contributed by atoms with E-state index in [-0.39, 0.29) is 11.5 Å². The second-order valence-electron chi connectivity index (χ2n) is 8.21. The van der Waals surface area contributed by atoms with Gasteiger partial charge in [-0.2, -0.15) is 4.98 Å². The quantitative estimate of drug-likeness (QED) is 0.369. The summed E-state index contributed by atoms with van der Waals surface area (Å²) in [7, 11) is 6.84. The highest BCUT2D eigenvalue weighted by atomic mass is 16.5. The van der Waals surface area contributed by atoms with Gasteiger partial charge in [-0.25, -0.2) is 4.98 Å². The molecule has 0 saturated heterocycles. The molecule has 0 radical (unpaired) electrons. The molecule has 0 aliphatic carbocycles. The zero-order valence-electron chi connectivity index (χ0n) is 21.0. The third-order valence-electron chi connectivity index (χ3n) is 4.87. The van der Waals surface area contributed by atoms with Crippen LogP contribution < -0.4 is 10.2 Å². The van der Waals surface area contributed by atoms with Crippen LogP contribution >= 0.6 is 0 Å². The van der Waals surface area contributed by atoms with Gasteiger partial charge in [-0.1, -0.05) is 19.9 Å². The lowest BCUT2D eigenvalue weighted by atomic mass is 10.0. The molecule has 1 aromatic rings. The van der Waals surface area contributed by atoms with E-state index in [2.05, 4.69) is 47.9 Å². The van der Waals surface area contributed by atoms with E-state index in [4.69, 9.17) is 9.72 Å². The Hall–Kier alpha value is -2.74. The van der Waals surface area contributed by atoms with E-state index >= 15 is 0 Å². The van der Waals surface area contributed by atoms with Gasteiger partial charge in [-0.3, -0.25) is 9.79 Å². The molecule has 0 aliphatic heterocycles. The van der Waals surface area contributed by atoms with Gasteiger partial charge in [0.15, 0.2) is 0 Å². The molecule has 0 fully saturated rings. The van der Waals surface area contributed by atoms with Crippen molar-refractivity contribution in [2.24, 2.45) is 4.99 Å². The van der Waals surface area contributed by atoms with E-state index in [0.717, 1.165) is 43.8 Å². The minimum Gasteiger partial charge on any atom is -0.376 e. The maximum atomic E-state index is 12.1. The molecule has 1 aromatic heterocycles. The maximum Gasteiger partial charge on any atom is 0.271 e. The number of allylic oxidation sites excluding steroid dienone is 2. The Morgan fingerprint density at radius 1 is 1.28 bits per heavy atom. The Labute approximate surface area is 193 Å². The predicted molar refractivity (Wildman–Crippen MR) is 134 cm³/mol. The molecule has 32 heavy (non-hydrogen) atoms. The van der Waals surface area contributed by atoms with Gasteiger partial charge in [0, 0.05) is 59.3 Å². The van der Waals surface area contributed by atoms with Crippen LogP contribution in [0.2, 0.25) is 0 Å². The van der Waals surface area contributed by atoms with Crippen molar-refractivity contribution in [2.75, 3.05) is 51.6 Å². The summed E-state index contributed by atoms with van der Waals surface area (Å²) < 4.78 is 6.02. The average molecular weight is 445 g/mol. The first kappa shape index (κ1) is 27.3. The number of nitrogens with zero attached hydrogens (tertiary/aromatic N) is 5. The number of anilines is 2.